The molecule has 0 heterocycles. The molecule has 0 atom stereocenters. The highest BCUT2D eigenvalue weighted by Crippen LogP contribution is 2.11. The number of likely N-dealkylation sites (N-methyl/N-ethyl adjacent to an activating group) is 1. The topological polar surface area (TPSA) is 0 Å². The van der Waals surface area contributed by atoms with Gasteiger partial charge in [0.25, 0.3) is 0 Å². The first-order valence-electron chi connectivity index (χ1n) is 7.57. The Balaban J connectivity index is 2.49. The summed E-state index contributed by atoms with van der Waals surface area (Å²) in [6.45, 7) is 8.54. The Labute approximate surface area is 113 Å². The summed E-state index contributed by atoms with van der Waals surface area (Å²) in [5.41, 5.74) is 1.48. The second kappa shape index (κ2) is 8.31. The molecule has 0 saturated heterocycles. The Morgan fingerprint density at radius 3 is 1.89 bits per heavy atom. The molecule has 0 radical (unpaired) electrons. The maximum Gasteiger partial charge on any atom is 0.0825 e. The van der Waals surface area contributed by atoms with Gasteiger partial charge in [-0.05, 0) is 18.4 Å². The molecule has 0 spiro atoms. The van der Waals surface area contributed by atoms with Gasteiger partial charge in [-0.3, -0.25) is 0 Å². The SMILES string of the molecule is CCCC[N+](C)(CCCC)CCc1ccccc1. The van der Waals surface area contributed by atoms with E-state index < -0.39 is 0 Å². The Hall–Kier alpha value is -0.820. The van der Waals surface area contributed by atoms with Gasteiger partial charge in [0.1, 0.15) is 0 Å². The Kier molecular flexibility index (Phi) is 7.04. The quantitative estimate of drug-likeness (QED) is 0.572. The largest absolute Gasteiger partial charge is 0.326 e. The Morgan fingerprint density at radius 1 is 0.833 bits per heavy atom. The van der Waals surface area contributed by atoms with Crippen molar-refractivity contribution < 1.29 is 4.48 Å². The molecular weight excluding hydrogens is 218 g/mol. The second-order valence-corrected chi connectivity index (χ2v) is 5.73. The van der Waals surface area contributed by atoms with Crippen LogP contribution in [-0.2, 0) is 6.42 Å². The molecule has 0 aromatic heterocycles. The monoisotopic (exact) mass is 248 g/mol. The van der Waals surface area contributed by atoms with Gasteiger partial charge in [0.05, 0.1) is 26.7 Å². The molecule has 0 fully saturated rings. The lowest BCUT2D eigenvalue weighted by Crippen LogP contribution is -2.47. The van der Waals surface area contributed by atoms with Gasteiger partial charge in [-0.1, -0.05) is 57.0 Å². The number of unbranched alkanes of at least 4 members (excludes halogenated alkanes) is 2. The lowest BCUT2D eigenvalue weighted by atomic mass is 10.1. The molecule has 0 unspecified atom stereocenters. The summed E-state index contributed by atoms with van der Waals surface area (Å²) in [7, 11) is 2.44. The van der Waals surface area contributed by atoms with Gasteiger partial charge in [-0.15, -0.1) is 0 Å². The molecule has 0 aliphatic rings. The van der Waals surface area contributed by atoms with Crippen LogP contribution < -0.4 is 0 Å². The zero-order chi connectivity index (χ0) is 13.3. The van der Waals surface area contributed by atoms with E-state index in [0.29, 0.717) is 0 Å². The van der Waals surface area contributed by atoms with Crippen molar-refractivity contribution in [2.45, 2.75) is 46.0 Å². The van der Waals surface area contributed by atoms with Crippen molar-refractivity contribution in [1.82, 2.24) is 0 Å². The molecule has 1 heteroatoms. The van der Waals surface area contributed by atoms with Crippen LogP contribution in [0, 0.1) is 0 Å². The predicted octanol–water partition coefficient (Wildman–Crippen LogP) is 4.28. The standard InChI is InChI=1S/C17H30N/c1-4-6-14-18(3,15-7-5-2)16-13-17-11-9-8-10-12-17/h8-12H,4-7,13-16H2,1-3H3/q+1. The number of benzene rings is 1. The number of hydrogen-bond donors (Lipinski definition) is 0. The molecule has 0 saturated carbocycles. The molecule has 1 aromatic rings. The van der Waals surface area contributed by atoms with Gasteiger partial charge < -0.3 is 4.48 Å². The molecule has 18 heavy (non-hydrogen) atoms. The van der Waals surface area contributed by atoms with Crippen molar-refractivity contribution in [1.29, 1.82) is 0 Å². The van der Waals surface area contributed by atoms with Gasteiger partial charge in [0.2, 0.25) is 0 Å². The zero-order valence-corrected chi connectivity index (χ0v) is 12.5. The molecule has 1 aromatic carbocycles. The van der Waals surface area contributed by atoms with Crippen molar-refractivity contribution in [2.24, 2.45) is 0 Å². The minimum Gasteiger partial charge on any atom is -0.326 e. The number of nitrogens with zero attached hydrogens (tertiary/aromatic N) is 1. The molecule has 0 aliphatic carbocycles. The van der Waals surface area contributed by atoms with Gasteiger partial charge in [0, 0.05) is 6.42 Å². The number of hydrogen-bond acceptors (Lipinski definition) is 0. The van der Waals surface area contributed by atoms with Crippen LogP contribution in [0.2, 0.25) is 0 Å². The van der Waals surface area contributed by atoms with Crippen molar-refractivity contribution >= 4 is 0 Å². The van der Waals surface area contributed by atoms with E-state index in [9.17, 15) is 0 Å². The van der Waals surface area contributed by atoms with E-state index in [1.165, 1.54) is 61.8 Å². The second-order valence-electron chi connectivity index (χ2n) is 5.73. The van der Waals surface area contributed by atoms with Gasteiger partial charge in [0.15, 0.2) is 0 Å². The molecule has 0 amide bonds. The van der Waals surface area contributed by atoms with Gasteiger partial charge in [-0.2, -0.15) is 0 Å². The highest BCUT2D eigenvalue weighted by atomic mass is 15.3. The van der Waals surface area contributed by atoms with Crippen LogP contribution in [0.5, 0.6) is 0 Å². The van der Waals surface area contributed by atoms with Crippen molar-refractivity contribution in [3.63, 3.8) is 0 Å². The third-order valence-corrected chi connectivity index (χ3v) is 3.89. The molecule has 1 rings (SSSR count). The average Bonchev–Trinajstić information content (AvgIpc) is 2.42. The molecule has 0 aliphatic heterocycles. The van der Waals surface area contributed by atoms with Gasteiger partial charge >= 0.3 is 0 Å². The number of rotatable bonds is 9. The summed E-state index contributed by atoms with van der Waals surface area (Å²) in [6.07, 6.45) is 6.55. The molecule has 0 N–H and O–H groups in total. The van der Waals surface area contributed by atoms with Crippen LogP contribution in [0.4, 0.5) is 0 Å². The highest BCUT2D eigenvalue weighted by Gasteiger charge is 2.19. The van der Waals surface area contributed by atoms with E-state index in [1.54, 1.807) is 0 Å². The first kappa shape index (κ1) is 15.2. The minimum absolute atomic E-state index is 1.21. The van der Waals surface area contributed by atoms with Crippen LogP contribution in [0.1, 0.15) is 45.1 Å². The average molecular weight is 248 g/mol. The summed E-state index contributed by atoms with van der Waals surface area (Å²) in [6, 6.07) is 10.9. The van der Waals surface area contributed by atoms with Crippen LogP contribution in [0.15, 0.2) is 30.3 Å². The molecule has 102 valence electrons. The fourth-order valence-electron chi connectivity index (χ4n) is 2.46. The third kappa shape index (κ3) is 5.68. The van der Waals surface area contributed by atoms with E-state index in [1.807, 2.05) is 0 Å². The maximum atomic E-state index is 2.44. The van der Waals surface area contributed by atoms with Crippen molar-refractivity contribution in [3.05, 3.63) is 35.9 Å². The van der Waals surface area contributed by atoms with Crippen molar-refractivity contribution in [2.75, 3.05) is 26.7 Å². The van der Waals surface area contributed by atoms with Crippen LogP contribution in [0.3, 0.4) is 0 Å². The smallest absolute Gasteiger partial charge is 0.0825 e. The minimum atomic E-state index is 1.21. The van der Waals surface area contributed by atoms with Crippen LogP contribution in [-0.4, -0.2) is 31.2 Å². The van der Waals surface area contributed by atoms with Gasteiger partial charge in [-0.25, -0.2) is 0 Å². The third-order valence-electron chi connectivity index (χ3n) is 3.89. The van der Waals surface area contributed by atoms with E-state index in [2.05, 4.69) is 51.2 Å². The summed E-state index contributed by atoms with van der Waals surface area (Å²) in [5, 5.41) is 0. The molecule has 1 nitrogen and oxygen atoms in total. The molecule has 0 bridgehead atoms. The normalized spacial score (nSPS) is 11.7. The lowest BCUT2D eigenvalue weighted by Gasteiger charge is -2.35. The van der Waals surface area contributed by atoms with Crippen molar-refractivity contribution in [3.8, 4) is 0 Å². The first-order chi connectivity index (χ1) is 8.70. The van der Waals surface area contributed by atoms with Crippen LogP contribution in [0.25, 0.3) is 0 Å². The zero-order valence-electron chi connectivity index (χ0n) is 12.5. The van der Waals surface area contributed by atoms with E-state index in [0.717, 1.165) is 0 Å². The summed E-state index contributed by atoms with van der Waals surface area (Å²) in [4.78, 5) is 0. The number of quaternary nitrogens is 1. The van der Waals surface area contributed by atoms with Crippen LogP contribution >= 0.6 is 0 Å². The van der Waals surface area contributed by atoms with E-state index in [-0.39, 0.29) is 0 Å². The fourth-order valence-corrected chi connectivity index (χ4v) is 2.46. The van der Waals surface area contributed by atoms with E-state index in [4.69, 9.17) is 0 Å². The summed E-state index contributed by atoms with van der Waals surface area (Å²) in [5.74, 6) is 0. The van der Waals surface area contributed by atoms with E-state index >= 15 is 0 Å². The Morgan fingerprint density at radius 2 is 1.39 bits per heavy atom. The summed E-state index contributed by atoms with van der Waals surface area (Å²) >= 11 is 0. The predicted molar refractivity (Wildman–Crippen MR) is 80.7 cm³/mol. The summed E-state index contributed by atoms with van der Waals surface area (Å²) < 4.78 is 1.25. The lowest BCUT2D eigenvalue weighted by molar-refractivity contribution is -0.909. The first-order valence-corrected chi connectivity index (χ1v) is 7.57. The highest BCUT2D eigenvalue weighted by molar-refractivity contribution is 5.14. The fraction of sp³-hybridized carbons (Fsp3) is 0.647. The molecular formula is C17H30N+. The maximum absolute atomic E-state index is 2.44. The Bertz CT molecular complexity index is 297.